The molecule has 2 rings (SSSR count). The molecule has 0 radical (unpaired) electrons. The van der Waals surface area contributed by atoms with Crippen molar-refractivity contribution in [3.05, 3.63) is 66.4 Å². The highest BCUT2D eigenvalue weighted by Gasteiger charge is 2.12. The van der Waals surface area contributed by atoms with Gasteiger partial charge in [0.15, 0.2) is 0 Å². The third-order valence-corrected chi connectivity index (χ3v) is 4.48. The van der Waals surface area contributed by atoms with Gasteiger partial charge in [-0.2, -0.15) is 5.26 Å². The molecule has 0 aromatic heterocycles. The van der Waals surface area contributed by atoms with E-state index in [0.717, 1.165) is 29.2 Å². The van der Waals surface area contributed by atoms with Crippen molar-refractivity contribution in [2.75, 3.05) is 11.9 Å². The van der Waals surface area contributed by atoms with Gasteiger partial charge in [0.1, 0.15) is 11.6 Å². The number of anilines is 1. The van der Waals surface area contributed by atoms with Crippen LogP contribution >= 0.6 is 11.8 Å². The van der Waals surface area contributed by atoms with E-state index in [-0.39, 0.29) is 5.57 Å². The van der Waals surface area contributed by atoms with E-state index in [9.17, 15) is 10.1 Å². The van der Waals surface area contributed by atoms with Crippen LogP contribution in [-0.4, -0.2) is 12.5 Å². The number of nitriles is 1. The Bertz CT molecular complexity index is 766. The molecule has 128 valence electrons. The van der Waals surface area contributed by atoms with Gasteiger partial charge in [0.2, 0.25) is 0 Å². The second-order valence-electron chi connectivity index (χ2n) is 5.34. The normalized spacial score (nSPS) is 10.8. The van der Waals surface area contributed by atoms with E-state index in [0.29, 0.717) is 5.69 Å². The molecule has 4 nitrogen and oxygen atoms in total. The number of benzene rings is 2. The molecule has 0 aliphatic carbocycles. The highest BCUT2D eigenvalue weighted by molar-refractivity contribution is 7.99. The first-order valence-corrected chi connectivity index (χ1v) is 9.03. The van der Waals surface area contributed by atoms with Gasteiger partial charge in [0.05, 0.1) is 5.69 Å². The number of para-hydroxylation sites is 1. The molecule has 5 heteroatoms. The predicted molar refractivity (Wildman–Crippen MR) is 102 cm³/mol. The van der Waals surface area contributed by atoms with Crippen molar-refractivity contribution in [1.29, 1.82) is 5.26 Å². The average Bonchev–Trinajstić information content (AvgIpc) is 2.64. The minimum atomic E-state index is -0.410. The van der Waals surface area contributed by atoms with Crippen LogP contribution < -0.4 is 10.6 Å². The lowest BCUT2D eigenvalue weighted by Crippen LogP contribution is -2.17. The monoisotopic (exact) mass is 351 g/mol. The number of hydrogen-bond donors (Lipinski definition) is 2. The van der Waals surface area contributed by atoms with Crippen molar-refractivity contribution < 1.29 is 4.79 Å². The Kier molecular flexibility index (Phi) is 7.61. The van der Waals surface area contributed by atoms with Gasteiger partial charge in [-0.25, -0.2) is 0 Å². The first kappa shape index (κ1) is 18.6. The van der Waals surface area contributed by atoms with Crippen LogP contribution in [0, 0.1) is 11.3 Å². The van der Waals surface area contributed by atoms with E-state index in [4.69, 9.17) is 0 Å². The van der Waals surface area contributed by atoms with E-state index in [1.54, 1.807) is 11.8 Å². The minimum absolute atomic E-state index is 0.0654. The summed E-state index contributed by atoms with van der Waals surface area (Å²) in [5.74, 6) is -0.410. The molecule has 0 saturated heterocycles. The predicted octanol–water partition coefficient (Wildman–Crippen LogP) is 4.57. The molecule has 2 aromatic carbocycles. The molecule has 0 heterocycles. The summed E-state index contributed by atoms with van der Waals surface area (Å²) in [5.41, 5.74) is 0.756. The lowest BCUT2D eigenvalue weighted by atomic mass is 10.2. The molecule has 2 N–H and O–H groups in total. The summed E-state index contributed by atoms with van der Waals surface area (Å²) in [6.07, 6.45) is 3.53. The van der Waals surface area contributed by atoms with E-state index < -0.39 is 5.91 Å². The van der Waals surface area contributed by atoms with E-state index in [1.807, 2.05) is 60.7 Å². The molecule has 0 fully saturated rings. The molecule has 0 saturated carbocycles. The summed E-state index contributed by atoms with van der Waals surface area (Å²) in [6.45, 7) is 2.83. The topological polar surface area (TPSA) is 64.9 Å². The molecule has 25 heavy (non-hydrogen) atoms. The van der Waals surface area contributed by atoms with Crippen LogP contribution in [0.25, 0.3) is 0 Å². The van der Waals surface area contributed by atoms with Gasteiger partial charge in [-0.1, -0.05) is 55.4 Å². The van der Waals surface area contributed by atoms with Crippen molar-refractivity contribution in [2.24, 2.45) is 0 Å². The molecular weight excluding hydrogens is 330 g/mol. The van der Waals surface area contributed by atoms with Gasteiger partial charge in [-0.05, 0) is 30.7 Å². The smallest absolute Gasteiger partial charge is 0.267 e. The van der Waals surface area contributed by atoms with E-state index >= 15 is 0 Å². The molecule has 0 spiro atoms. The Hall–Kier alpha value is -2.71. The zero-order chi connectivity index (χ0) is 17.9. The molecule has 1 amide bonds. The summed E-state index contributed by atoms with van der Waals surface area (Å²) in [4.78, 5) is 14.4. The number of nitrogens with zero attached hydrogens (tertiary/aromatic N) is 1. The zero-order valence-corrected chi connectivity index (χ0v) is 15.0. The molecule has 0 bridgehead atoms. The third kappa shape index (κ3) is 6.02. The number of carbonyl (C=O) groups excluding carboxylic acids is 1. The number of carbonyl (C=O) groups is 1. The summed E-state index contributed by atoms with van der Waals surface area (Å²) in [6, 6.07) is 19.5. The highest BCUT2D eigenvalue weighted by atomic mass is 32.2. The number of unbranched alkanes of at least 4 members (excludes halogenated alkanes) is 1. The lowest BCUT2D eigenvalue weighted by Gasteiger charge is -2.10. The number of amides is 1. The minimum Gasteiger partial charge on any atom is -0.390 e. The van der Waals surface area contributed by atoms with Crippen LogP contribution in [0.1, 0.15) is 19.8 Å². The van der Waals surface area contributed by atoms with Crippen molar-refractivity contribution in [3.8, 4) is 6.07 Å². The molecular formula is C20H21N3OS. The number of nitrogens with one attached hydrogen (secondary N) is 2. The summed E-state index contributed by atoms with van der Waals surface area (Å²) >= 11 is 1.57. The fourth-order valence-corrected chi connectivity index (χ4v) is 2.99. The van der Waals surface area contributed by atoms with Crippen molar-refractivity contribution in [3.63, 3.8) is 0 Å². The van der Waals surface area contributed by atoms with Gasteiger partial charge in [-0.3, -0.25) is 4.79 Å². The Labute approximate surface area is 152 Å². The van der Waals surface area contributed by atoms with Crippen LogP contribution in [0.4, 0.5) is 5.69 Å². The summed E-state index contributed by atoms with van der Waals surface area (Å²) < 4.78 is 0. The number of hydrogen-bond acceptors (Lipinski definition) is 4. The van der Waals surface area contributed by atoms with Crippen molar-refractivity contribution in [2.45, 2.75) is 29.6 Å². The lowest BCUT2D eigenvalue weighted by molar-refractivity contribution is -0.112. The van der Waals surface area contributed by atoms with Gasteiger partial charge in [0.25, 0.3) is 5.91 Å². The van der Waals surface area contributed by atoms with Crippen LogP contribution in [0.5, 0.6) is 0 Å². The van der Waals surface area contributed by atoms with Crippen molar-refractivity contribution in [1.82, 2.24) is 5.32 Å². The standard InChI is InChI=1S/C20H21N3OS/c1-2-3-13-22-15-16(14-21)20(24)23-18-11-7-8-12-19(18)25-17-9-5-4-6-10-17/h4-12,15,22H,2-3,13H2,1H3,(H,23,24)/b16-15-. The van der Waals surface area contributed by atoms with E-state index in [2.05, 4.69) is 17.6 Å². The Balaban J connectivity index is 2.09. The maximum absolute atomic E-state index is 12.4. The Morgan fingerprint density at radius 3 is 2.60 bits per heavy atom. The highest BCUT2D eigenvalue weighted by Crippen LogP contribution is 2.33. The van der Waals surface area contributed by atoms with Crippen LogP contribution in [0.15, 0.2) is 76.2 Å². The molecule has 2 aromatic rings. The second-order valence-corrected chi connectivity index (χ2v) is 6.46. The second kappa shape index (κ2) is 10.2. The summed E-state index contributed by atoms with van der Waals surface area (Å²) in [5, 5.41) is 15.1. The molecule has 0 atom stereocenters. The molecule has 0 aliphatic heterocycles. The van der Waals surface area contributed by atoms with E-state index in [1.165, 1.54) is 6.20 Å². The number of rotatable bonds is 8. The Morgan fingerprint density at radius 1 is 1.16 bits per heavy atom. The van der Waals surface area contributed by atoms with Gasteiger partial charge >= 0.3 is 0 Å². The largest absolute Gasteiger partial charge is 0.390 e. The fourth-order valence-electron chi connectivity index (χ4n) is 2.07. The molecule has 0 unspecified atom stereocenters. The van der Waals surface area contributed by atoms with Gasteiger partial charge in [0, 0.05) is 22.5 Å². The fraction of sp³-hybridized carbons (Fsp3) is 0.200. The third-order valence-electron chi connectivity index (χ3n) is 3.39. The van der Waals surface area contributed by atoms with Crippen LogP contribution in [-0.2, 0) is 4.79 Å². The molecule has 0 aliphatic rings. The first-order valence-electron chi connectivity index (χ1n) is 8.21. The van der Waals surface area contributed by atoms with Gasteiger partial charge < -0.3 is 10.6 Å². The van der Waals surface area contributed by atoms with Gasteiger partial charge in [-0.15, -0.1) is 0 Å². The quantitative estimate of drug-likeness (QED) is 0.415. The maximum atomic E-state index is 12.4. The zero-order valence-electron chi connectivity index (χ0n) is 14.2. The average molecular weight is 351 g/mol. The summed E-state index contributed by atoms with van der Waals surface area (Å²) in [7, 11) is 0. The van der Waals surface area contributed by atoms with Crippen LogP contribution in [0.2, 0.25) is 0 Å². The van der Waals surface area contributed by atoms with Crippen LogP contribution in [0.3, 0.4) is 0 Å². The first-order chi connectivity index (χ1) is 12.2. The van der Waals surface area contributed by atoms with Crippen molar-refractivity contribution >= 4 is 23.4 Å². The Morgan fingerprint density at radius 2 is 1.88 bits per heavy atom. The maximum Gasteiger partial charge on any atom is 0.267 e. The SMILES string of the molecule is CCCCN/C=C(/C#N)C(=O)Nc1ccccc1Sc1ccccc1.